The number of carbonyl (C=O) groups excluding carboxylic acids is 3. The maximum absolute atomic E-state index is 12.5. The zero-order valence-electron chi connectivity index (χ0n) is 15.8. The summed E-state index contributed by atoms with van der Waals surface area (Å²) < 4.78 is 40.9. The minimum atomic E-state index is -3.62. The Bertz CT molecular complexity index is 858. The number of amides is 1. The van der Waals surface area contributed by atoms with E-state index >= 15 is 0 Å². The molecule has 1 heterocycles. The summed E-state index contributed by atoms with van der Waals surface area (Å²) in [6, 6.07) is 5.64. The lowest BCUT2D eigenvalue weighted by Crippen LogP contribution is -2.40. The molecule has 0 saturated carbocycles. The van der Waals surface area contributed by atoms with Gasteiger partial charge in [0, 0.05) is 30.9 Å². The van der Waals surface area contributed by atoms with Crippen LogP contribution >= 0.6 is 0 Å². The Labute approximate surface area is 168 Å². The lowest BCUT2D eigenvalue weighted by Gasteiger charge is -2.26. The van der Waals surface area contributed by atoms with Crippen LogP contribution in [0.15, 0.2) is 41.3 Å². The molecule has 1 amide bonds. The maximum Gasteiger partial charge on any atom is 0.331 e. The highest BCUT2D eigenvalue weighted by atomic mass is 32.2. The Morgan fingerprint density at radius 2 is 1.66 bits per heavy atom. The predicted octanol–water partition coefficient (Wildman–Crippen LogP) is 0.309. The number of nitrogens with one attached hydrogen (secondary N) is 1. The average Bonchev–Trinajstić information content (AvgIpc) is 2.72. The number of morpholine rings is 1. The van der Waals surface area contributed by atoms with E-state index in [1.165, 1.54) is 28.6 Å². The maximum atomic E-state index is 12.5. The summed E-state index contributed by atoms with van der Waals surface area (Å²) in [4.78, 5) is 34.5. The molecule has 0 radical (unpaired) electrons. The van der Waals surface area contributed by atoms with Crippen molar-refractivity contribution in [3.05, 3.63) is 36.4 Å². The molecule has 10 nitrogen and oxygen atoms in total. The molecule has 1 saturated heterocycles. The van der Waals surface area contributed by atoms with Crippen LogP contribution in [0.25, 0.3) is 0 Å². The van der Waals surface area contributed by atoms with Gasteiger partial charge >= 0.3 is 11.9 Å². The van der Waals surface area contributed by atoms with Gasteiger partial charge in [-0.15, -0.1) is 0 Å². The van der Waals surface area contributed by atoms with E-state index < -0.39 is 34.5 Å². The molecular weight excluding hydrogens is 404 g/mol. The standard InChI is InChI=1S/C18H22N2O8S/c1-2-27-17(22)7-8-18(23)28-13-16(21)19-14-3-5-15(6-4-14)29(24,25)20-9-11-26-12-10-20/h3-8H,2,9-13H2,1H3,(H,19,21)/b8-7+. The molecule has 29 heavy (non-hydrogen) atoms. The van der Waals surface area contributed by atoms with Crippen LogP contribution in [0.3, 0.4) is 0 Å². The van der Waals surface area contributed by atoms with Gasteiger partial charge in [0.05, 0.1) is 24.7 Å². The number of rotatable bonds is 8. The molecular formula is C18H22N2O8S. The van der Waals surface area contributed by atoms with E-state index in [-0.39, 0.29) is 24.6 Å². The predicted molar refractivity (Wildman–Crippen MR) is 101 cm³/mol. The SMILES string of the molecule is CCOC(=O)/C=C/C(=O)OCC(=O)Nc1ccc(S(=O)(=O)N2CCOCC2)cc1. The fourth-order valence-corrected chi connectivity index (χ4v) is 3.76. The van der Waals surface area contributed by atoms with Crippen molar-refractivity contribution in [3.63, 3.8) is 0 Å². The summed E-state index contributed by atoms with van der Waals surface area (Å²) in [5.74, 6) is -2.19. The van der Waals surface area contributed by atoms with Crippen LogP contribution < -0.4 is 5.32 Å². The van der Waals surface area contributed by atoms with Gasteiger partial charge in [-0.25, -0.2) is 18.0 Å². The third-order valence-electron chi connectivity index (χ3n) is 3.73. The number of ether oxygens (including phenoxy) is 3. The normalized spacial score (nSPS) is 15.1. The monoisotopic (exact) mass is 426 g/mol. The van der Waals surface area contributed by atoms with Crippen LogP contribution in [0, 0.1) is 0 Å². The second-order valence-corrected chi connectivity index (χ2v) is 7.72. The molecule has 0 atom stereocenters. The zero-order chi connectivity index (χ0) is 21.3. The third-order valence-corrected chi connectivity index (χ3v) is 5.65. The van der Waals surface area contributed by atoms with Crippen molar-refractivity contribution in [2.24, 2.45) is 0 Å². The first-order valence-electron chi connectivity index (χ1n) is 8.82. The van der Waals surface area contributed by atoms with Gasteiger partial charge in [0.25, 0.3) is 5.91 Å². The van der Waals surface area contributed by atoms with Crippen LogP contribution in [0.1, 0.15) is 6.92 Å². The van der Waals surface area contributed by atoms with E-state index in [9.17, 15) is 22.8 Å². The molecule has 1 aliphatic heterocycles. The van der Waals surface area contributed by atoms with Gasteiger partial charge in [-0.2, -0.15) is 4.31 Å². The summed E-state index contributed by atoms with van der Waals surface area (Å²) in [5.41, 5.74) is 0.342. The number of benzene rings is 1. The highest BCUT2D eigenvalue weighted by Crippen LogP contribution is 2.19. The smallest absolute Gasteiger partial charge is 0.331 e. The number of esters is 2. The van der Waals surface area contributed by atoms with Gasteiger partial charge in [0.2, 0.25) is 10.0 Å². The highest BCUT2D eigenvalue weighted by molar-refractivity contribution is 7.89. The molecule has 158 valence electrons. The second-order valence-electron chi connectivity index (χ2n) is 5.78. The van der Waals surface area contributed by atoms with Crippen molar-refractivity contribution in [2.75, 3.05) is 44.8 Å². The molecule has 0 aliphatic carbocycles. The van der Waals surface area contributed by atoms with E-state index in [1.807, 2.05) is 0 Å². The van der Waals surface area contributed by atoms with Crippen molar-refractivity contribution in [1.29, 1.82) is 0 Å². The molecule has 0 spiro atoms. The Kier molecular flexibility index (Phi) is 8.31. The highest BCUT2D eigenvalue weighted by Gasteiger charge is 2.26. The van der Waals surface area contributed by atoms with Gasteiger partial charge in [-0.05, 0) is 31.2 Å². The molecule has 0 unspecified atom stereocenters. The quantitative estimate of drug-likeness (QED) is 0.465. The lowest BCUT2D eigenvalue weighted by atomic mass is 10.3. The number of sulfonamides is 1. The molecule has 1 N–H and O–H groups in total. The van der Waals surface area contributed by atoms with Crippen LogP contribution in [0.2, 0.25) is 0 Å². The van der Waals surface area contributed by atoms with Gasteiger partial charge in [-0.1, -0.05) is 0 Å². The molecule has 1 fully saturated rings. The summed E-state index contributed by atoms with van der Waals surface area (Å²) in [6.45, 7) is 2.50. The molecule has 0 bridgehead atoms. The van der Waals surface area contributed by atoms with E-state index in [0.717, 1.165) is 12.2 Å². The van der Waals surface area contributed by atoms with Gasteiger partial charge in [0.1, 0.15) is 0 Å². The number of nitrogens with zero attached hydrogens (tertiary/aromatic N) is 1. The topological polar surface area (TPSA) is 128 Å². The van der Waals surface area contributed by atoms with E-state index in [1.54, 1.807) is 6.92 Å². The van der Waals surface area contributed by atoms with Crippen molar-refractivity contribution < 1.29 is 37.0 Å². The Balaban J connectivity index is 1.85. The second kappa shape index (κ2) is 10.7. The molecule has 11 heteroatoms. The third kappa shape index (κ3) is 6.97. The number of anilines is 1. The van der Waals surface area contributed by atoms with Crippen LogP contribution in [-0.2, 0) is 38.6 Å². The molecule has 1 aromatic rings. The lowest BCUT2D eigenvalue weighted by molar-refractivity contribution is -0.143. The van der Waals surface area contributed by atoms with Crippen molar-refractivity contribution in [1.82, 2.24) is 4.31 Å². The van der Waals surface area contributed by atoms with E-state index in [4.69, 9.17) is 9.47 Å². The number of carbonyl (C=O) groups is 3. The van der Waals surface area contributed by atoms with Gasteiger partial charge < -0.3 is 19.5 Å². The van der Waals surface area contributed by atoms with Crippen molar-refractivity contribution >= 4 is 33.6 Å². The Hall–Kier alpha value is -2.76. The number of hydrogen-bond donors (Lipinski definition) is 1. The molecule has 0 aromatic heterocycles. The first-order chi connectivity index (χ1) is 13.8. The fraction of sp³-hybridized carbons (Fsp3) is 0.389. The van der Waals surface area contributed by atoms with Crippen LogP contribution in [0.4, 0.5) is 5.69 Å². The van der Waals surface area contributed by atoms with Gasteiger partial charge in [-0.3, -0.25) is 4.79 Å². The van der Waals surface area contributed by atoms with Gasteiger partial charge in [0.15, 0.2) is 6.61 Å². The van der Waals surface area contributed by atoms with Crippen LogP contribution in [-0.4, -0.2) is 70.1 Å². The summed E-state index contributed by atoms with van der Waals surface area (Å²) in [5, 5.41) is 2.48. The fourth-order valence-electron chi connectivity index (χ4n) is 2.35. The first kappa shape index (κ1) is 22.5. The zero-order valence-corrected chi connectivity index (χ0v) is 16.6. The molecule has 2 rings (SSSR count). The summed E-state index contributed by atoms with van der Waals surface area (Å²) >= 11 is 0. The largest absolute Gasteiger partial charge is 0.463 e. The Morgan fingerprint density at radius 1 is 1.07 bits per heavy atom. The summed E-state index contributed by atoms with van der Waals surface area (Å²) in [7, 11) is -3.62. The minimum absolute atomic E-state index is 0.105. The van der Waals surface area contributed by atoms with Crippen molar-refractivity contribution in [3.8, 4) is 0 Å². The van der Waals surface area contributed by atoms with E-state index in [2.05, 4.69) is 10.1 Å². The minimum Gasteiger partial charge on any atom is -0.463 e. The Morgan fingerprint density at radius 3 is 2.24 bits per heavy atom. The molecule has 1 aromatic carbocycles. The summed E-state index contributed by atoms with van der Waals surface area (Å²) in [6.07, 6.45) is 1.76. The average molecular weight is 426 g/mol. The molecule has 1 aliphatic rings. The van der Waals surface area contributed by atoms with Crippen molar-refractivity contribution in [2.45, 2.75) is 11.8 Å². The van der Waals surface area contributed by atoms with Crippen LogP contribution in [0.5, 0.6) is 0 Å². The number of hydrogen-bond acceptors (Lipinski definition) is 8. The van der Waals surface area contributed by atoms with E-state index in [0.29, 0.717) is 18.9 Å². The first-order valence-corrected chi connectivity index (χ1v) is 10.3.